The highest BCUT2D eigenvalue weighted by Crippen LogP contribution is 2.40. The van der Waals surface area contributed by atoms with Crippen LogP contribution in [0.5, 0.6) is 17.2 Å². The number of hydrogen-bond donors (Lipinski definition) is 2. The SMILES string of the molecule is COc1ccc(C(C)=Nc2cc(N)ccc2N)c(OC)c1OC. The van der Waals surface area contributed by atoms with Crippen molar-refractivity contribution in [1.82, 2.24) is 0 Å². The van der Waals surface area contributed by atoms with Crippen LogP contribution in [0.25, 0.3) is 0 Å². The second kappa shape index (κ2) is 6.91. The Balaban J connectivity index is 2.56. The second-order valence-corrected chi connectivity index (χ2v) is 4.90. The summed E-state index contributed by atoms with van der Waals surface area (Å²) in [5, 5.41) is 0. The molecule has 0 fully saturated rings. The molecule has 0 heterocycles. The molecule has 6 heteroatoms. The number of ether oxygens (including phenoxy) is 3. The largest absolute Gasteiger partial charge is 0.493 e. The highest BCUT2D eigenvalue weighted by atomic mass is 16.5. The molecule has 0 saturated heterocycles. The van der Waals surface area contributed by atoms with Crippen LogP contribution in [0, 0.1) is 0 Å². The molecule has 0 aliphatic heterocycles. The fourth-order valence-corrected chi connectivity index (χ4v) is 2.28. The van der Waals surface area contributed by atoms with Crippen molar-refractivity contribution in [3.05, 3.63) is 35.9 Å². The number of methoxy groups -OCH3 is 3. The molecule has 0 atom stereocenters. The quantitative estimate of drug-likeness (QED) is 0.653. The predicted molar refractivity (Wildman–Crippen MR) is 93.2 cm³/mol. The summed E-state index contributed by atoms with van der Waals surface area (Å²) >= 11 is 0. The zero-order valence-corrected chi connectivity index (χ0v) is 13.7. The zero-order valence-electron chi connectivity index (χ0n) is 13.7. The van der Waals surface area contributed by atoms with Gasteiger partial charge in [0.1, 0.15) is 0 Å². The van der Waals surface area contributed by atoms with Crippen LogP contribution >= 0.6 is 0 Å². The van der Waals surface area contributed by atoms with Crippen LogP contribution in [0.4, 0.5) is 17.1 Å². The first kappa shape index (κ1) is 16.5. The van der Waals surface area contributed by atoms with Crippen LogP contribution in [0.2, 0.25) is 0 Å². The standard InChI is InChI=1S/C17H21N3O3/c1-10(20-14-9-11(18)5-7-13(14)19)12-6-8-15(21-2)17(23-4)16(12)22-3/h5-9H,18-19H2,1-4H3. The molecule has 2 aromatic carbocycles. The van der Waals surface area contributed by atoms with Crippen molar-refractivity contribution in [2.24, 2.45) is 4.99 Å². The number of hydrogen-bond acceptors (Lipinski definition) is 6. The highest BCUT2D eigenvalue weighted by molar-refractivity contribution is 6.04. The molecule has 0 spiro atoms. The Morgan fingerprint density at radius 3 is 2.22 bits per heavy atom. The Hall–Kier alpha value is -2.89. The fraction of sp³-hybridized carbons (Fsp3) is 0.235. The molecular weight excluding hydrogens is 294 g/mol. The maximum atomic E-state index is 5.95. The van der Waals surface area contributed by atoms with E-state index < -0.39 is 0 Å². The van der Waals surface area contributed by atoms with Gasteiger partial charge in [-0.05, 0) is 37.3 Å². The van der Waals surface area contributed by atoms with E-state index in [4.69, 9.17) is 25.7 Å². The summed E-state index contributed by atoms with van der Waals surface area (Å²) in [5.41, 5.74) is 15.0. The van der Waals surface area contributed by atoms with Gasteiger partial charge in [0.25, 0.3) is 0 Å². The molecule has 0 unspecified atom stereocenters. The van der Waals surface area contributed by atoms with E-state index in [1.54, 1.807) is 45.6 Å². The third-order valence-electron chi connectivity index (χ3n) is 3.44. The third-order valence-corrected chi connectivity index (χ3v) is 3.44. The maximum Gasteiger partial charge on any atom is 0.203 e. The average Bonchev–Trinajstić information content (AvgIpc) is 2.56. The highest BCUT2D eigenvalue weighted by Gasteiger charge is 2.17. The van der Waals surface area contributed by atoms with Gasteiger partial charge in [0.15, 0.2) is 11.5 Å². The number of benzene rings is 2. The summed E-state index contributed by atoms with van der Waals surface area (Å²) < 4.78 is 16.2. The van der Waals surface area contributed by atoms with Gasteiger partial charge in [-0.25, -0.2) is 0 Å². The maximum absolute atomic E-state index is 5.95. The lowest BCUT2D eigenvalue weighted by Gasteiger charge is -2.15. The second-order valence-electron chi connectivity index (χ2n) is 4.90. The number of anilines is 2. The molecule has 0 radical (unpaired) electrons. The molecule has 0 aliphatic carbocycles. The van der Waals surface area contributed by atoms with Crippen molar-refractivity contribution < 1.29 is 14.2 Å². The summed E-state index contributed by atoms with van der Waals surface area (Å²) in [6.07, 6.45) is 0. The van der Waals surface area contributed by atoms with Gasteiger partial charge < -0.3 is 25.7 Å². The van der Waals surface area contributed by atoms with Crippen LogP contribution in [-0.4, -0.2) is 27.0 Å². The predicted octanol–water partition coefficient (Wildman–Crippen LogP) is 3.02. The van der Waals surface area contributed by atoms with E-state index in [9.17, 15) is 0 Å². The molecule has 2 rings (SSSR count). The Labute approximate surface area is 135 Å². The number of rotatable bonds is 5. The molecule has 122 valence electrons. The van der Waals surface area contributed by atoms with Gasteiger partial charge in [-0.2, -0.15) is 0 Å². The molecule has 0 saturated carbocycles. The summed E-state index contributed by atoms with van der Waals surface area (Å²) in [5.74, 6) is 1.66. The number of aliphatic imine (C=N–C) groups is 1. The van der Waals surface area contributed by atoms with Crippen LogP contribution in [-0.2, 0) is 0 Å². The minimum Gasteiger partial charge on any atom is -0.493 e. The van der Waals surface area contributed by atoms with E-state index in [0.717, 1.165) is 11.3 Å². The third kappa shape index (κ3) is 3.31. The first-order valence-electron chi connectivity index (χ1n) is 7.01. The van der Waals surface area contributed by atoms with Gasteiger partial charge in [0, 0.05) is 17.0 Å². The number of nitrogen functional groups attached to an aromatic ring is 2. The van der Waals surface area contributed by atoms with E-state index in [1.807, 2.05) is 13.0 Å². The molecule has 0 amide bonds. The van der Waals surface area contributed by atoms with Gasteiger partial charge in [-0.15, -0.1) is 0 Å². The van der Waals surface area contributed by atoms with Crippen molar-refractivity contribution >= 4 is 22.8 Å². The number of nitrogens with two attached hydrogens (primary N) is 2. The van der Waals surface area contributed by atoms with Gasteiger partial charge in [-0.1, -0.05) is 0 Å². The summed E-state index contributed by atoms with van der Waals surface area (Å²) in [7, 11) is 4.71. The van der Waals surface area contributed by atoms with Crippen molar-refractivity contribution in [3.8, 4) is 17.2 Å². The van der Waals surface area contributed by atoms with Crippen molar-refractivity contribution in [2.45, 2.75) is 6.92 Å². The lowest BCUT2D eigenvalue weighted by atomic mass is 10.1. The van der Waals surface area contributed by atoms with Gasteiger partial charge in [-0.3, -0.25) is 4.99 Å². The molecular formula is C17H21N3O3. The van der Waals surface area contributed by atoms with Crippen molar-refractivity contribution in [3.63, 3.8) is 0 Å². The normalized spacial score (nSPS) is 11.2. The smallest absolute Gasteiger partial charge is 0.203 e. The van der Waals surface area contributed by atoms with E-state index in [1.165, 1.54) is 0 Å². The van der Waals surface area contributed by atoms with Gasteiger partial charge in [0.05, 0.1) is 32.7 Å². The molecule has 23 heavy (non-hydrogen) atoms. The first-order valence-corrected chi connectivity index (χ1v) is 7.01. The topological polar surface area (TPSA) is 92.1 Å². The summed E-state index contributed by atoms with van der Waals surface area (Å²) in [6, 6.07) is 8.86. The van der Waals surface area contributed by atoms with Crippen LogP contribution < -0.4 is 25.7 Å². The Kier molecular flexibility index (Phi) is 4.95. The van der Waals surface area contributed by atoms with Crippen molar-refractivity contribution in [1.29, 1.82) is 0 Å². The van der Waals surface area contributed by atoms with Crippen molar-refractivity contribution in [2.75, 3.05) is 32.8 Å². The lowest BCUT2D eigenvalue weighted by Crippen LogP contribution is -2.03. The first-order chi connectivity index (χ1) is 11.0. The van der Waals surface area contributed by atoms with Gasteiger partial charge >= 0.3 is 0 Å². The molecule has 0 bridgehead atoms. The van der Waals surface area contributed by atoms with E-state index >= 15 is 0 Å². The minimum atomic E-state index is 0.516. The Morgan fingerprint density at radius 2 is 1.61 bits per heavy atom. The molecule has 0 aromatic heterocycles. The van der Waals surface area contributed by atoms with Crippen LogP contribution in [0.3, 0.4) is 0 Å². The number of nitrogens with zero attached hydrogens (tertiary/aromatic N) is 1. The molecule has 6 nitrogen and oxygen atoms in total. The van der Waals surface area contributed by atoms with E-state index in [-0.39, 0.29) is 0 Å². The van der Waals surface area contributed by atoms with E-state index in [0.29, 0.717) is 34.3 Å². The minimum absolute atomic E-state index is 0.516. The Morgan fingerprint density at radius 1 is 0.913 bits per heavy atom. The zero-order chi connectivity index (χ0) is 17.0. The Bertz CT molecular complexity index is 742. The molecule has 4 N–H and O–H groups in total. The monoisotopic (exact) mass is 315 g/mol. The molecule has 2 aromatic rings. The fourth-order valence-electron chi connectivity index (χ4n) is 2.28. The lowest BCUT2D eigenvalue weighted by molar-refractivity contribution is 0.324. The molecule has 0 aliphatic rings. The van der Waals surface area contributed by atoms with Crippen LogP contribution in [0.1, 0.15) is 12.5 Å². The van der Waals surface area contributed by atoms with Gasteiger partial charge in [0.2, 0.25) is 5.75 Å². The van der Waals surface area contributed by atoms with E-state index in [2.05, 4.69) is 4.99 Å². The average molecular weight is 315 g/mol. The summed E-state index contributed by atoms with van der Waals surface area (Å²) in [4.78, 5) is 4.56. The summed E-state index contributed by atoms with van der Waals surface area (Å²) in [6.45, 7) is 1.87. The van der Waals surface area contributed by atoms with Crippen LogP contribution in [0.15, 0.2) is 35.3 Å².